The highest BCUT2D eigenvalue weighted by molar-refractivity contribution is 5.95. The Bertz CT molecular complexity index is 714. The van der Waals surface area contributed by atoms with E-state index in [4.69, 9.17) is 10.8 Å². The van der Waals surface area contributed by atoms with Crippen molar-refractivity contribution in [2.24, 2.45) is 0 Å². The second-order valence-corrected chi connectivity index (χ2v) is 5.74. The van der Waals surface area contributed by atoms with E-state index in [9.17, 15) is 4.79 Å². The van der Waals surface area contributed by atoms with Crippen LogP contribution in [0.25, 0.3) is 11.4 Å². The van der Waals surface area contributed by atoms with Gasteiger partial charge < -0.3 is 15.7 Å². The van der Waals surface area contributed by atoms with E-state index < -0.39 is 0 Å². The number of hydrogen-bond donors (Lipinski definition) is 2. The van der Waals surface area contributed by atoms with Crippen LogP contribution in [-0.4, -0.2) is 70.1 Å². The minimum absolute atomic E-state index is 0.00408. The third kappa shape index (κ3) is 3.69. The van der Waals surface area contributed by atoms with Crippen LogP contribution in [0, 0.1) is 0 Å². The molecule has 0 saturated carbocycles. The van der Waals surface area contributed by atoms with Crippen LogP contribution < -0.4 is 5.73 Å². The lowest BCUT2D eigenvalue weighted by atomic mass is 10.1. The molecular formula is C17H21N5O2. The second kappa shape index (κ2) is 7.37. The maximum absolute atomic E-state index is 12.7. The molecule has 0 spiro atoms. The highest BCUT2D eigenvalue weighted by atomic mass is 16.3. The van der Waals surface area contributed by atoms with Crippen molar-refractivity contribution in [2.45, 2.75) is 0 Å². The zero-order chi connectivity index (χ0) is 16.9. The Morgan fingerprint density at radius 3 is 2.71 bits per heavy atom. The van der Waals surface area contributed by atoms with Crippen molar-refractivity contribution in [3.63, 3.8) is 0 Å². The smallest absolute Gasteiger partial charge is 0.253 e. The number of aliphatic hydroxyl groups is 1. The summed E-state index contributed by atoms with van der Waals surface area (Å²) in [6.07, 6.45) is 1.60. The van der Waals surface area contributed by atoms with Crippen molar-refractivity contribution >= 4 is 11.7 Å². The van der Waals surface area contributed by atoms with E-state index >= 15 is 0 Å². The van der Waals surface area contributed by atoms with Crippen LogP contribution in [0.1, 0.15) is 10.4 Å². The number of aliphatic hydroxyl groups excluding tert-OH is 1. The van der Waals surface area contributed by atoms with Gasteiger partial charge in [0, 0.05) is 50.0 Å². The van der Waals surface area contributed by atoms with Crippen molar-refractivity contribution in [2.75, 3.05) is 45.1 Å². The summed E-state index contributed by atoms with van der Waals surface area (Å²) in [4.78, 5) is 25.1. The first-order valence-corrected chi connectivity index (χ1v) is 7.99. The molecule has 0 atom stereocenters. The van der Waals surface area contributed by atoms with Gasteiger partial charge in [-0.25, -0.2) is 9.97 Å². The van der Waals surface area contributed by atoms with Crippen molar-refractivity contribution < 1.29 is 9.90 Å². The maximum atomic E-state index is 12.7. The zero-order valence-corrected chi connectivity index (χ0v) is 13.4. The molecule has 0 unspecified atom stereocenters. The van der Waals surface area contributed by atoms with Crippen LogP contribution in [-0.2, 0) is 0 Å². The van der Waals surface area contributed by atoms with Crippen LogP contribution in [0.2, 0.25) is 0 Å². The molecule has 1 saturated heterocycles. The molecule has 1 aliphatic heterocycles. The standard InChI is InChI=1S/C17H21N5O2/c18-15-4-5-19-16(20-15)13-2-1-3-14(12-13)17(24)22-8-6-21(7-9-22)10-11-23/h1-5,12,23H,6-11H2,(H2,18,19,20). The number of hydrogen-bond acceptors (Lipinski definition) is 6. The topological polar surface area (TPSA) is 95.6 Å². The first kappa shape index (κ1) is 16.4. The molecule has 1 fully saturated rings. The summed E-state index contributed by atoms with van der Waals surface area (Å²) in [7, 11) is 0. The fourth-order valence-electron chi connectivity index (χ4n) is 2.80. The number of nitrogen functional groups attached to an aromatic ring is 1. The fourth-order valence-corrected chi connectivity index (χ4v) is 2.80. The van der Waals surface area contributed by atoms with Crippen LogP contribution in [0.5, 0.6) is 0 Å². The number of anilines is 1. The Hall–Kier alpha value is -2.51. The van der Waals surface area contributed by atoms with E-state index in [1.807, 2.05) is 17.0 Å². The van der Waals surface area contributed by atoms with Crippen LogP contribution >= 0.6 is 0 Å². The molecule has 0 bridgehead atoms. The number of carbonyl (C=O) groups excluding carboxylic acids is 1. The molecule has 7 nitrogen and oxygen atoms in total. The van der Waals surface area contributed by atoms with Crippen molar-refractivity contribution in [1.29, 1.82) is 0 Å². The number of nitrogens with two attached hydrogens (primary N) is 1. The van der Waals surface area contributed by atoms with E-state index in [1.54, 1.807) is 24.4 Å². The van der Waals surface area contributed by atoms with Gasteiger partial charge in [0.1, 0.15) is 5.82 Å². The largest absolute Gasteiger partial charge is 0.395 e. The lowest BCUT2D eigenvalue weighted by molar-refractivity contribution is 0.0615. The molecule has 1 aromatic carbocycles. The van der Waals surface area contributed by atoms with Gasteiger partial charge >= 0.3 is 0 Å². The minimum Gasteiger partial charge on any atom is -0.395 e. The van der Waals surface area contributed by atoms with E-state index in [1.165, 1.54) is 0 Å². The maximum Gasteiger partial charge on any atom is 0.253 e. The summed E-state index contributed by atoms with van der Waals surface area (Å²) < 4.78 is 0. The monoisotopic (exact) mass is 327 g/mol. The summed E-state index contributed by atoms with van der Waals surface area (Å²) in [6.45, 7) is 3.70. The van der Waals surface area contributed by atoms with E-state index in [-0.39, 0.29) is 12.5 Å². The average Bonchev–Trinajstić information content (AvgIpc) is 2.62. The minimum atomic E-state index is 0.00408. The predicted molar refractivity (Wildman–Crippen MR) is 91.3 cm³/mol. The molecule has 1 aromatic heterocycles. The number of piperazine rings is 1. The summed E-state index contributed by atoms with van der Waals surface area (Å²) in [5, 5.41) is 8.99. The van der Waals surface area contributed by atoms with Crippen LogP contribution in [0.15, 0.2) is 36.5 Å². The molecule has 1 aliphatic rings. The Morgan fingerprint density at radius 1 is 1.21 bits per heavy atom. The SMILES string of the molecule is Nc1ccnc(-c2cccc(C(=O)N3CCN(CCO)CC3)c2)n1. The van der Waals surface area contributed by atoms with Gasteiger partial charge in [-0.1, -0.05) is 12.1 Å². The van der Waals surface area contributed by atoms with Gasteiger partial charge in [-0.2, -0.15) is 0 Å². The number of β-amino-alcohol motifs (C(OH)–C–C–N with tert-alkyl or cyclic N) is 1. The number of carbonyl (C=O) groups is 1. The van der Waals surface area contributed by atoms with Gasteiger partial charge in [0.15, 0.2) is 5.82 Å². The zero-order valence-electron chi connectivity index (χ0n) is 13.4. The molecular weight excluding hydrogens is 306 g/mol. The highest BCUT2D eigenvalue weighted by Gasteiger charge is 2.22. The van der Waals surface area contributed by atoms with Crippen molar-refractivity contribution in [3.8, 4) is 11.4 Å². The Balaban J connectivity index is 1.73. The third-order valence-corrected chi connectivity index (χ3v) is 4.12. The van der Waals surface area contributed by atoms with Gasteiger partial charge in [0.2, 0.25) is 0 Å². The van der Waals surface area contributed by atoms with Gasteiger partial charge in [0.25, 0.3) is 5.91 Å². The molecule has 0 radical (unpaired) electrons. The normalized spacial score (nSPS) is 15.5. The molecule has 126 valence electrons. The summed E-state index contributed by atoms with van der Waals surface area (Å²) in [5.74, 6) is 0.915. The van der Waals surface area contributed by atoms with Crippen LogP contribution in [0.4, 0.5) is 5.82 Å². The summed E-state index contributed by atoms with van der Waals surface area (Å²) in [6, 6.07) is 8.93. The Labute approximate surface area is 140 Å². The molecule has 0 aliphatic carbocycles. The second-order valence-electron chi connectivity index (χ2n) is 5.74. The highest BCUT2D eigenvalue weighted by Crippen LogP contribution is 2.18. The van der Waals surface area contributed by atoms with Crippen molar-refractivity contribution in [3.05, 3.63) is 42.1 Å². The van der Waals surface area contributed by atoms with Crippen molar-refractivity contribution in [1.82, 2.24) is 19.8 Å². The van der Waals surface area contributed by atoms with Crippen LogP contribution in [0.3, 0.4) is 0 Å². The third-order valence-electron chi connectivity index (χ3n) is 4.12. The number of aromatic nitrogens is 2. The van der Waals surface area contributed by atoms with Gasteiger partial charge in [-0.05, 0) is 18.2 Å². The fraction of sp³-hybridized carbons (Fsp3) is 0.353. The van der Waals surface area contributed by atoms with E-state index in [2.05, 4.69) is 14.9 Å². The van der Waals surface area contributed by atoms with Gasteiger partial charge in [0.05, 0.1) is 6.61 Å². The molecule has 2 heterocycles. The van der Waals surface area contributed by atoms with Gasteiger partial charge in [-0.3, -0.25) is 9.69 Å². The average molecular weight is 327 g/mol. The number of nitrogens with zero attached hydrogens (tertiary/aromatic N) is 4. The molecule has 2 aromatic rings. The molecule has 3 N–H and O–H groups in total. The predicted octanol–water partition coefficient (Wildman–Crippen LogP) is 0.476. The Kier molecular flexibility index (Phi) is 5.02. The molecule has 3 rings (SSSR count). The summed E-state index contributed by atoms with van der Waals surface area (Å²) in [5.41, 5.74) is 7.09. The Morgan fingerprint density at radius 2 is 2.00 bits per heavy atom. The molecule has 24 heavy (non-hydrogen) atoms. The number of rotatable bonds is 4. The lowest BCUT2D eigenvalue weighted by Crippen LogP contribution is -2.49. The quantitative estimate of drug-likeness (QED) is 0.848. The van der Waals surface area contributed by atoms with E-state index in [0.717, 1.165) is 18.7 Å². The van der Waals surface area contributed by atoms with E-state index in [0.29, 0.717) is 36.8 Å². The first-order valence-electron chi connectivity index (χ1n) is 7.99. The first-order chi connectivity index (χ1) is 11.7. The number of benzene rings is 1. The molecule has 7 heteroatoms. The number of amides is 1. The lowest BCUT2D eigenvalue weighted by Gasteiger charge is -2.34. The summed E-state index contributed by atoms with van der Waals surface area (Å²) >= 11 is 0. The molecule has 1 amide bonds. The van der Waals surface area contributed by atoms with Gasteiger partial charge in [-0.15, -0.1) is 0 Å².